The van der Waals surface area contributed by atoms with Gasteiger partial charge in [0.2, 0.25) is 0 Å². The van der Waals surface area contributed by atoms with Gasteiger partial charge in [0.15, 0.2) is 0 Å². The van der Waals surface area contributed by atoms with E-state index in [1.807, 2.05) is 24.4 Å². The molecular weight excluding hydrogens is 500 g/mol. The maximum absolute atomic E-state index is 5.13. The van der Waals surface area contributed by atoms with E-state index in [4.69, 9.17) is 4.98 Å². The molecule has 4 nitrogen and oxygen atoms in total. The van der Waals surface area contributed by atoms with E-state index in [-0.39, 0.29) is 0 Å². The first-order valence-electron chi connectivity index (χ1n) is 13.8. The zero-order valence-electron chi connectivity index (χ0n) is 22.6. The van der Waals surface area contributed by atoms with Gasteiger partial charge in [-0.1, -0.05) is 84.9 Å². The van der Waals surface area contributed by atoms with E-state index in [1.165, 1.54) is 27.4 Å². The van der Waals surface area contributed by atoms with Gasteiger partial charge in [-0.15, -0.1) is 0 Å². The minimum atomic E-state index is 0.950. The summed E-state index contributed by atoms with van der Waals surface area (Å²) < 4.78 is 4.55. The summed E-state index contributed by atoms with van der Waals surface area (Å²) in [6, 6.07) is 47.0. The molecule has 0 amide bonds. The van der Waals surface area contributed by atoms with Crippen molar-refractivity contribution in [3.8, 4) is 39.5 Å². The van der Waals surface area contributed by atoms with Gasteiger partial charge in [0.1, 0.15) is 5.82 Å². The lowest BCUT2D eigenvalue weighted by Gasteiger charge is -2.11. The third kappa shape index (κ3) is 3.84. The Hall–Kier alpha value is -5.48. The predicted octanol–water partition coefficient (Wildman–Crippen LogP) is 9.07. The Balaban J connectivity index is 1.32. The zero-order chi connectivity index (χ0) is 27.3. The fraction of sp³-hybridized carbons (Fsp3) is 0.0270. The van der Waals surface area contributed by atoms with Gasteiger partial charge in [0.05, 0.1) is 27.8 Å². The molecule has 4 heteroatoms. The Labute approximate surface area is 237 Å². The van der Waals surface area contributed by atoms with Crippen molar-refractivity contribution >= 4 is 32.8 Å². The van der Waals surface area contributed by atoms with Gasteiger partial charge in [-0.2, -0.15) is 0 Å². The Bertz CT molecular complexity index is 2210. The monoisotopic (exact) mass is 526 g/mol. The van der Waals surface area contributed by atoms with Crippen LogP contribution in [0.4, 0.5) is 0 Å². The van der Waals surface area contributed by atoms with Crippen LogP contribution in [0, 0.1) is 0 Å². The van der Waals surface area contributed by atoms with Crippen molar-refractivity contribution in [2.75, 3.05) is 0 Å². The molecular formula is C37H26N4. The van der Waals surface area contributed by atoms with Crippen molar-refractivity contribution in [3.05, 3.63) is 140 Å². The molecule has 0 saturated heterocycles. The van der Waals surface area contributed by atoms with Crippen LogP contribution < -0.4 is 0 Å². The SMILES string of the molecule is Cn1c(-c2ccc3c4ccccc4n(-c4cccc(-c5ccccn5)c4)c3c2)nc2cc(-c3ccccc3)ccc21. The van der Waals surface area contributed by atoms with E-state index in [9.17, 15) is 0 Å². The molecule has 0 aliphatic carbocycles. The summed E-state index contributed by atoms with van der Waals surface area (Å²) in [5, 5.41) is 2.45. The lowest BCUT2D eigenvalue weighted by molar-refractivity contribution is 0.959. The van der Waals surface area contributed by atoms with Crippen LogP contribution in [0.5, 0.6) is 0 Å². The maximum Gasteiger partial charge on any atom is 0.140 e. The summed E-state index contributed by atoms with van der Waals surface area (Å²) in [5.74, 6) is 0.950. The molecule has 0 aliphatic heterocycles. The van der Waals surface area contributed by atoms with Crippen molar-refractivity contribution in [1.82, 2.24) is 19.1 Å². The average molecular weight is 527 g/mol. The van der Waals surface area contributed by atoms with Crippen molar-refractivity contribution in [2.24, 2.45) is 7.05 Å². The van der Waals surface area contributed by atoms with Crippen molar-refractivity contribution in [1.29, 1.82) is 0 Å². The second kappa shape index (κ2) is 9.32. The first-order chi connectivity index (χ1) is 20.2. The summed E-state index contributed by atoms with van der Waals surface area (Å²) in [6.07, 6.45) is 1.84. The molecule has 0 fully saturated rings. The molecule has 8 rings (SSSR count). The number of aryl methyl sites for hydroxylation is 1. The molecule has 8 aromatic rings. The van der Waals surface area contributed by atoms with Crippen LogP contribution in [0.1, 0.15) is 0 Å². The number of nitrogens with zero attached hydrogens (tertiary/aromatic N) is 4. The van der Waals surface area contributed by atoms with E-state index >= 15 is 0 Å². The summed E-state index contributed by atoms with van der Waals surface area (Å²) in [4.78, 5) is 9.72. The lowest BCUT2D eigenvalue weighted by atomic mass is 10.1. The number of benzene rings is 5. The van der Waals surface area contributed by atoms with Gasteiger partial charge in [-0.05, 0) is 59.7 Å². The highest BCUT2D eigenvalue weighted by atomic mass is 15.1. The Morgan fingerprint density at radius 2 is 1.29 bits per heavy atom. The largest absolute Gasteiger partial charge is 0.327 e. The minimum Gasteiger partial charge on any atom is -0.327 e. The molecule has 0 saturated carbocycles. The van der Waals surface area contributed by atoms with Crippen LogP contribution in [-0.2, 0) is 7.05 Å². The summed E-state index contributed by atoms with van der Waals surface area (Å²) in [7, 11) is 2.10. The fourth-order valence-corrected chi connectivity index (χ4v) is 5.99. The van der Waals surface area contributed by atoms with E-state index in [2.05, 4.69) is 136 Å². The Morgan fingerprint density at radius 3 is 2.17 bits per heavy atom. The summed E-state index contributed by atoms with van der Waals surface area (Å²) >= 11 is 0. The van der Waals surface area contributed by atoms with Crippen molar-refractivity contribution in [3.63, 3.8) is 0 Å². The Morgan fingerprint density at radius 1 is 0.512 bits per heavy atom. The number of hydrogen-bond donors (Lipinski definition) is 0. The van der Waals surface area contributed by atoms with Crippen LogP contribution in [0.3, 0.4) is 0 Å². The molecule has 5 aromatic carbocycles. The van der Waals surface area contributed by atoms with Crippen LogP contribution >= 0.6 is 0 Å². The van der Waals surface area contributed by atoms with Crippen molar-refractivity contribution in [2.45, 2.75) is 0 Å². The number of hydrogen-bond acceptors (Lipinski definition) is 2. The number of imidazole rings is 1. The van der Waals surface area contributed by atoms with Crippen LogP contribution in [-0.4, -0.2) is 19.1 Å². The number of para-hydroxylation sites is 1. The number of fused-ring (bicyclic) bond motifs is 4. The van der Waals surface area contributed by atoms with Crippen LogP contribution in [0.25, 0.3) is 72.3 Å². The number of pyridine rings is 1. The normalized spacial score (nSPS) is 11.5. The smallest absolute Gasteiger partial charge is 0.140 e. The minimum absolute atomic E-state index is 0.950. The van der Waals surface area contributed by atoms with Gasteiger partial charge in [0, 0.05) is 40.8 Å². The second-order valence-corrected chi connectivity index (χ2v) is 10.4. The molecule has 0 radical (unpaired) electrons. The van der Waals surface area contributed by atoms with E-state index in [0.29, 0.717) is 0 Å². The average Bonchev–Trinajstić information content (AvgIpc) is 3.55. The topological polar surface area (TPSA) is 35.6 Å². The zero-order valence-corrected chi connectivity index (χ0v) is 22.6. The van der Waals surface area contributed by atoms with Gasteiger partial charge in [-0.25, -0.2) is 4.98 Å². The van der Waals surface area contributed by atoms with E-state index < -0.39 is 0 Å². The second-order valence-electron chi connectivity index (χ2n) is 10.4. The molecule has 3 aromatic heterocycles. The highest BCUT2D eigenvalue weighted by molar-refractivity contribution is 6.10. The molecule has 3 heterocycles. The highest BCUT2D eigenvalue weighted by Crippen LogP contribution is 2.36. The van der Waals surface area contributed by atoms with Gasteiger partial charge in [-0.3, -0.25) is 4.98 Å². The molecule has 194 valence electrons. The van der Waals surface area contributed by atoms with E-state index in [1.54, 1.807) is 0 Å². The Kier molecular flexibility index (Phi) is 5.32. The highest BCUT2D eigenvalue weighted by Gasteiger charge is 2.16. The van der Waals surface area contributed by atoms with Crippen molar-refractivity contribution < 1.29 is 0 Å². The van der Waals surface area contributed by atoms with E-state index in [0.717, 1.165) is 44.9 Å². The first kappa shape index (κ1) is 23.4. The number of aromatic nitrogens is 4. The third-order valence-electron chi connectivity index (χ3n) is 7.98. The fourth-order valence-electron chi connectivity index (χ4n) is 5.99. The summed E-state index contributed by atoms with van der Waals surface area (Å²) in [5.41, 5.74) is 11.0. The molecule has 0 N–H and O–H groups in total. The predicted molar refractivity (Wildman–Crippen MR) is 169 cm³/mol. The van der Waals surface area contributed by atoms with Gasteiger partial charge < -0.3 is 9.13 Å². The lowest BCUT2D eigenvalue weighted by Crippen LogP contribution is -1.96. The molecule has 0 spiro atoms. The first-order valence-corrected chi connectivity index (χ1v) is 13.8. The van der Waals surface area contributed by atoms with Crippen LogP contribution in [0.2, 0.25) is 0 Å². The molecule has 0 bridgehead atoms. The molecule has 41 heavy (non-hydrogen) atoms. The molecule has 0 unspecified atom stereocenters. The van der Waals surface area contributed by atoms with Gasteiger partial charge in [0.25, 0.3) is 0 Å². The number of rotatable bonds is 4. The van der Waals surface area contributed by atoms with Gasteiger partial charge >= 0.3 is 0 Å². The standard InChI is InChI=1S/C37H26N4/c1-40-35-20-18-26(25-10-3-2-4-11-25)23-33(35)39-37(40)28-17-19-31-30-14-5-6-16-34(30)41(36(31)24-28)29-13-9-12-27(22-29)32-15-7-8-21-38-32/h2-24H,1H3. The van der Waals surface area contributed by atoms with Crippen LogP contribution in [0.15, 0.2) is 140 Å². The third-order valence-corrected chi connectivity index (χ3v) is 7.98. The maximum atomic E-state index is 5.13. The summed E-state index contributed by atoms with van der Waals surface area (Å²) in [6.45, 7) is 0. The molecule has 0 aliphatic rings. The molecule has 0 atom stereocenters. The quantitative estimate of drug-likeness (QED) is 0.229.